The van der Waals surface area contributed by atoms with E-state index in [1.165, 1.54) is 16.7 Å². The lowest BCUT2D eigenvalue weighted by Crippen LogP contribution is -2.14. The van der Waals surface area contributed by atoms with Gasteiger partial charge in [-0.15, -0.1) is 6.58 Å². The Morgan fingerprint density at radius 1 is 1.44 bits per heavy atom. The SMILES string of the molecule is C=C(C)CCCCOCC1=CCCC(C)=C(N=CN(C)CC)C=C1Br. The number of rotatable bonds is 10. The summed E-state index contributed by atoms with van der Waals surface area (Å²) in [7, 11) is 2.04. The Kier molecular flexibility index (Phi) is 10.7. The Morgan fingerprint density at radius 2 is 2.20 bits per heavy atom. The molecule has 0 N–H and O–H groups in total. The summed E-state index contributed by atoms with van der Waals surface area (Å²) in [5, 5.41) is 0. The van der Waals surface area contributed by atoms with Gasteiger partial charge in [-0.25, -0.2) is 4.99 Å². The van der Waals surface area contributed by atoms with Crippen LogP contribution in [-0.4, -0.2) is 38.0 Å². The van der Waals surface area contributed by atoms with Crippen LogP contribution in [0.3, 0.4) is 0 Å². The molecule has 0 aromatic carbocycles. The summed E-state index contributed by atoms with van der Waals surface area (Å²) in [4.78, 5) is 6.73. The maximum atomic E-state index is 5.87. The normalized spacial score (nSPS) is 15.7. The molecule has 4 heteroatoms. The van der Waals surface area contributed by atoms with Crippen molar-refractivity contribution in [3.8, 4) is 0 Å². The molecule has 0 heterocycles. The lowest BCUT2D eigenvalue weighted by molar-refractivity contribution is 0.153. The van der Waals surface area contributed by atoms with Crippen LogP contribution >= 0.6 is 15.9 Å². The molecule has 1 rings (SSSR count). The molecule has 0 amide bonds. The number of aliphatic imine (C=N–C) groups is 1. The second-order valence-corrected chi connectivity index (χ2v) is 7.56. The van der Waals surface area contributed by atoms with Crippen molar-refractivity contribution >= 4 is 22.3 Å². The molecule has 0 fully saturated rings. The quantitative estimate of drug-likeness (QED) is 0.191. The summed E-state index contributed by atoms with van der Waals surface area (Å²) in [6.45, 7) is 12.7. The van der Waals surface area contributed by atoms with E-state index in [1.54, 1.807) is 0 Å². The highest BCUT2D eigenvalue weighted by Gasteiger charge is 2.09. The molecule has 0 aromatic heterocycles. The van der Waals surface area contributed by atoms with Gasteiger partial charge in [0.2, 0.25) is 0 Å². The minimum atomic E-state index is 0.648. The number of nitrogens with zero attached hydrogens (tertiary/aromatic N) is 2. The molecule has 0 saturated carbocycles. The first-order chi connectivity index (χ1) is 11.9. The van der Waals surface area contributed by atoms with Gasteiger partial charge in [-0.1, -0.05) is 27.6 Å². The van der Waals surface area contributed by atoms with Gasteiger partial charge in [0.05, 0.1) is 18.6 Å². The summed E-state index contributed by atoms with van der Waals surface area (Å²) >= 11 is 3.71. The van der Waals surface area contributed by atoms with E-state index in [-0.39, 0.29) is 0 Å². The highest BCUT2D eigenvalue weighted by atomic mass is 79.9. The minimum absolute atomic E-state index is 0.648. The Morgan fingerprint density at radius 3 is 2.88 bits per heavy atom. The van der Waals surface area contributed by atoms with Crippen molar-refractivity contribution in [1.29, 1.82) is 0 Å². The minimum Gasteiger partial charge on any atom is -0.377 e. The van der Waals surface area contributed by atoms with Gasteiger partial charge in [0.1, 0.15) is 0 Å². The second kappa shape index (κ2) is 12.3. The molecule has 0 atom stereocenters. The van der Waals surface area contributed by atoms with Crippen molar-refractivity contribution in [3.63, 3.8) is 0 Å². The number of allylic oxidation sites excluding steroid dienone is 4. The summed E-state index contributed by atoms with van der Waals surface area (Å²) in [6, 6.07) is 0. The third kappa shape index (κ3) is 9.22. The van der Waals surface area contributed by atoms with Crippen molar-refractivity contribution in [2.24, 2.45) is 4.99 Å². The summed E-state index contributed by atoms with van der Waals surface area (Å²) in [6.07, 6.45) is 11.7. The third-order valence-corrected chi connectivity index (χ3v) is 4.95. The third-order valence-electron chi connectivity index (χ3n) is 4.21. The fraction of sp³-hybridized carbons (Fsp3) is 0.571. The fourth-order valence-electron chi connectivity index (χ4n) is 2.36. The molecule has 0 unspecified atom stereocenters. The number of hydrogen-bond acceptors (Lipinski definition) is 2. The standard InChI is InChI=1S/C21H33BrN2O/c1-6-24(5)16-23-21-14-20(22)19(12-9-11-18(21)4)15-25-13-8-7-10-17(2)3/h12,14,16H,2,6-11,13,15H2,1,3-5H3. The van der Waals surface area contributed by atoms with Crippen LogP contribution in [0.1, 0.15) is 52.9 Å². The lowest BCUT2D eigenvalue weighted by atomic mass is 10.0. The van der Waals surface area contributed by atoms with E-state index >= 15 is 0 Å². The van der Waals surface area contributed by atoms with Crippen LogP contribution in [0, 0.1) is 0 Å². The number of halogens is 1. The number of ether oxygens (including phenoxy) is 1. The van der Waals surface area contributed by atoms with Crippen LogP contribution in [0.4, 0.5) is 0 Å². The van der Waals surface area contributed by atoms with E-state index < -0.39 is 0 Å². The van der Waals surface area contributed by atoms with Gasteiger partial charge < -0.3 is 9.64 Å². The Bertz CT molecular complexity index is 558. The van der Waals surface area contributed by atoms with E-state index in [1.807, 2.05) is 13.4 Å². The highest BCUT2D eigenvalue weighted by molar-refractivity contribution is 9.12. The van der Waals surface area contributed by atoms with Crippen molar-refractivity contribution < 1.29 is 4.74 Å². The molecule has 25 heavy (non-hydrogen) atoms. The summed E-state index contributed by atoms with van der Waals surface area (Å²) in [5.41, 5.74) is 4.81. The van der Waals surface area contributed by atoms with Gasteiger partial charge in [-0.2, -0.15) is 0 Å². The predicted octanol–water partition coefficient (Wildman–Crippen LogP) is 6.00. The van der Waals surface area contributed by atoms with E-state index in [9.17, 15) is 0 Å². The molecule has 0 aliphatic heterocycles. The first-order valence-electron chi connectivity index (χ1n) is 9.17. The van der Waals surface area contributed by atoms with Gasteiger partial charge >= 0.3 is 0 Å². The monoisotopic (exact) mass is 408 g/mol. The fourth-order valence-corrected chi connectivity index (χ4v) is 2.85. The number of hydrogen-bond donors (Lipinski definition) is 0. The van der Waals surface area contributed by atoms with E-state index in [2.05, 4.69) is 65.3 Å². The largest absolute Gasteiger partial charge is 0.377 e. The maximum Gasteiger partial charge on any atom is 0.0909 e. The van der Waals surface area contributed by atoms with Gasteiger partial charge in [-0.3, -0.25) is 0 Å². The second-order valence-electron chi connectivity index (χ2n) is 6.71. The molecule has 0 aromatic rings. The molecule has 3 nitrogen and oxygen atoms in total. The van der Waals surface area contributed by atoms with Crippen LogP contribution in [0.2, 0.25) is 0 Å². The molecular formula is C21H33BrN2O. The molecule has 0 bridgehead atoms. The molecule has 0 spiro atoms. The lowest BCUT2D eigenvalue weighted by Gasteiger charge is -2.14. The molecule has 0 radical (unpaired) electrons. The Labute approximate surface area is 162 Å². The summed E-state index contributed by atoms with van der Waals surface area (Å²) in [5.74, 6) is 0. The first-order valence-corrected chi connectivity index (χ1v) is 9.96. The maximum absolute atomic E-state index is 5.87. The average molecular weight is 409 g/mol. The predicted molar refractivity (Wildman–Crippen MR) is 113 cm³/mol. The van der Waals surface area contributed by atoms with Gasteiger partial charge in [0.25, 0.3) is 0 Å². The molecular weight excluding hydrogens is 376 g/mol. The molecule has 1 aliphatic carbocycles. The van der Waals surface area contributed by atoms with Crippen LogP contribution in [0.15, 0.2) is 50.6 Å². The Hall–Kier alpha value is -1.13. The zero-order chi connectivity index (χ0) is 18.7. The van der Waals surface area contributed by atoms with Gasteiger partial charge in [0.15, 0.2) is 0 Å². The van der Waals surface area contributed by atoms with E-state index in [0.717, 1.165) is 55.4 Å². The number of unbranched alkanes of at least 4 members (excludes halogenated alkanes) is 1. The van der Waals surface area contributed by atoms with Crippen LogP contribution in [-0.2, 0) is 4.74 Å². The van der Waals surface area contributed by atoms with Gasteiger partial charge in [-0.05, 0) is 70.1 Å². The highest BCUT2D eigenvalue weighted by Crippen LogP contribution is 2.27. The zero-order valence-electron chi connectivity index (χ0n) is 16.3. The van der Waals surface area contributed by atoms with Crippen molar-refractivity contribution in [1.82, 2.24) is 4.90 Å². The van der Waals surface area contributed by atoms with Crippen LogP contribution < -0.4 is 0 Å². The molecule has 1 aliphatic rings. The van der Waals surface area contributed by atoms with Crippen molar-refractivity contribution in [2.45, 2.75) is 52.9 Å². The Balaban J connectivity index is 2.61. The molecule has 0 saturated heterocycles. The first kappa shape index (κ1) is 21.9. The van der Waals surface area contributed by atoms with Gasteiger partial charge in [0, 0.05) is 24.7 Å². The van der Waals surface area contributed by atoms with Crippen molar-refractivity contribution in [2.75, 3.05) is 26.8 Å². The molecule has 140 valence electrons. The van der Waals surface area contributed by atoms with Crippen LogP contribution in [0.5, 0.6) is 0 Å². The van der Waals surface area contributed by atoms with E-state index in [4.69, 9.17) is 4.74 Å². The topological polar surface area (TPSA) is 24.8 Å². The van der Waals surface area contributed by atoms with Crippen molar-refractivity contribution in [3.05, 3.63) is 45.6 Å². The zero-order valence-corrected chi connectivity index (χ0v) is 17.9. The summed E-state index contributed by atoms with van der Waals surface area (Å²) < 4.78 is 6.94. The average Bonchev–Trinajstić information content (AvgIpc) is 2.57. The van der Waals surface area contributed by atoms with Crippen LogP contribution in [0.25, 0.3) is 0 Å². The smallest absolute Gasteiger partial charge is 0.0909 e. The van der Waals surface area contributed by atoms with E-state index in [0.29, 0.717) is 6.61 Å².